The quantitative estimate of drug-likeness (QED) is 0.810. The molecule has 0 unspecified atom stereocenters. The number of aliphatic hydroxyl groups is 1. The number of carbonyl (C=O) groups is 1. The highest BCUT2D eigenvalue weighted by Crippen LogP contribution is 2.34. The van der Waals surface area contributed by atoms with Crippen LogP contribution in [-0.2, 0) is 23.4 Å². The summed E-state index contributed by atoms with van der Waals surface area (Å²) < 4.78 is 0. The summed E-state index contributed by atoms with van der Waals surface area (Å²) in [6.45, 7) is 6.32. The molecule has 1 aromatic heterocycles. The Morgan fingerprint density at radius 3 is 2.48 bits per heavy atom. The zero-order valence-electron chi connectivity index (χ0n) is 17.1. The molecule has 0 bridgehead atoms. The molecule has 1 amide bonds. The Morgan fingerprint density at radius 2 is 1.79 bits per heavy atom. The number of carbonyl (C=O) groups excluding carboxylic acids is 1. The molecule has 0 aliphatic carbocycles. The van der Waals surface area contributed by atoms with Crippen molar-refractivity contribution < 1.29 is 9.90 Å². The molecule has 1 aromatic carbocycles. The van der Waals surface area contributed by atoms with E-state index in [9.17, 15) is 9.90 Å². The van der Waals surface area contributed by atoms with E-state index in [0.717, 1.165) is 49.0 Å². The first kappa shape index (κ1) is 20.5. The van der Waals surface area contributed by atoms with E-state index in [4.69, 9.17) is 4.98 Å². The molecule has 1 N–H and O–H groups in total. The van der Waals surface area contributed by atoms with Gasteiger partial charge in [-0.3, -0.25) is 9.69 Å². The summed E-state index contributed by atoms with van der Waals surface area (Å²) in [6.07, 6.45) is 1.52. The Balaban J connectivity index is 1.31. The van der Waals surface area contributed by atoms with Crippen LogP contribution in [0.5, 0.6) is 0 Å². The average Bonchev–Trinajstić information content (AvgIpc) is 3.20. The first-order valence-corrected chi connectivity index (χ1v) is 11.3. The van der Waals surface area contributed by atoms with E-state index >= 15 is 0 Å². The second kappa shape index (κ2) is 8.92. The maximum atomic E-state index is 12.6. The third kappa shape index (κ3) is 5.04. The van der Waals surface area contributed by atoms with Gasteiger partial charge >= 0.3 is 0 Å². The minimum absolute atomic E-state index is 0.132. The molecule has 0 radical (unpaired) electrons. The molecular formula is C22H30N4O2S. The van der Waals surface area contributed by atoms with Gasteiger partial charge in [-0.1, -0.05) is 30.3 Å². The van der Waals surface area contributed by atoms with Gasteiger partial charge in [-0.05, 0) is 25.5 Å². The number of likely N-dealkylation sites (N-methyl/N-ethyl adjacent to an activating group) is 1. The number of piperazine rings is 1. The highest BCUT2D eigenvalue weighted by atomic mass is 32.1. The fourth-order valence-electron chi connectivity index (χ4n) is 4.06. The third-order valence-corrected chi connectivity index (χ3v) is 6.96. The molecule has 6 nitrogen and oxygen atoms in total. The Morgan fingerprint density at radius 1 is 1.10 bits per heavy atom. The van der Waals surface area contributed by atoms with Crippen molar-refractivity contribution in [3.63, 3.8) is 0 Å². The summed E-state index contributed by atoms with van der Waals surface area (Å²) in [5.74, 6) is 0.132. The Labute approximate surface area is 176 Å². The number of amides is 1. The van der Waals surface area contributed by atoms with Gasteiger partial charge in [-0.2, -0.15) is 0 Å². The van der Waals surface area contributed by atoms with Gasteiger partial charge in [0.25, 0.3) is 0 Å². The van der Waals surface area contributed by atoms with Gasteiger partial charge in [0.05, 0.1) is 18.7 Å². The lowest BCUT2D eigenvalue weighted by Gasteiger charge is -2.37. The first-order chi connectivity index (χ1) is 14.0. The lowest BCUT2D eigenvalue weighted by atomic mass is 9.88. The second-order valence-corrected chi connectivity index (χ2v) is 9.22. The molecule has 2 aliphatic rings. The second-order valence-electron chi connectivity index (χ2n) is 8.28. The highest BCUT2D eigenvalue weighted by Gasteiger charge is 2.37. The van der Waals surface area contributed by atoms with Crippen LogP contribution in [0.15, 0.2) is 35.7 Å². The van der Waals surface area contributed by atoms with Crippen LogP contribution in [0.2, 0.25) is 0 Å². The third-order valence-electron chi connectivity index (χ3n) is 6.12. The van der Waals surface area contributed by atoms with Crippen molar-refractivity contribution in [3.05, 3.63) is 52.0 Å². The SMILES string of the molecule is CN1CCN(Cc2nc(C3(O)CCN(C(=O)Cc4ccccc4)CC3)cs2)CC1. The van der Waals surface area contributed by atoms with Gasteiger partial charge in [0.15, 0.2) is 0 Å². The van der Waals surface area contributed by atoms with Gasteiger partial charge in [0.2, 0.25) is 5.91 Å². The first-order valence-electron chi connectivity index (χ1n) is 10.4. The molecule has 2 aromatic rings. The van der Waals surface area contributed by atoms with Crippen LogP contribution < -0.4 is 0 Å². The van der Waals surface area contributed by atoms with Crippen molar-refractivity contribution in [2.75, 3.05) is 46.3 Å². The number of piperidine rings is 1. The molecule has 3 heterocycles. The molecule has 7 heteroatoms. The van der Waals surface area contributed by atoms with Crippen molar-refractivity contribution in [2.24, 2.45) is 0 Å². The Bertz CT molecular complexity index is 809. The Hall–Kier alpha value is -1.80. The molecule has 0 atom stereocenters. The van der Waals surface area contributed by atoms with E-state index in [1.165, 1.54) is 0 Å². The highest BCUT2D eigenvalue weighted by molar-refractivity contribution is 7.09. The molecule has 156 valence electrons. The molecule has 2 fully saturated rings. The fraction of sp³-hybridized carbons (Fsp3) is 0.545. The van der Waals surface area contributed by atoms with E-state index in [1.807, 2.05) is 40.6 Å². The van der Waals surface area contributed by atoms with Crippen molar-refractivity contribution in [2.45, 2.75) is 31.4 Å². The van der Waals surface area contributed by atoms with Crippen molar-refractivity contribution in [1.29, 1.82) is 0 Å². The molecule has 0 saturated carbocycles. The van der Waals surface area contributed by atoms with Crippen LogP contribution in [-0.4, -0.2) is 77.0 Å². The zero-order chi connectivity index (χ0) is 20.3. The molecule has 2 aliphatic heterocycles. The average molecular weight is 415 g/mol. The van der Waals surface area contributed by atoms with Crippen LogP contribution in [0, 0.1) is 0 Å². The summed E-state index contributed by atoms with van der Waals surface area (Å²) in [6, 6.07) is 9.84. The summed E-state index contributed by atoms with van der Waals surface area (Å²) in [5, 5.41) is 14.2. The number of thiazole rings is 1. The lowest BCUT2D eigenvalue weighted by Crippen LogP contribution is -2.46. The van der Waals surface area contributed by atoms with Crippen molar-refractivity contribution in [3.8, 4) is 0 Å². The minimum Gasteiger partial charge on any atom is -0.383 e. The van der Waals surface area contributed by atoms with Gasteiger partial charge < -0.3 is 14.9 Å². The maximum Gasteiger partial charge on any atom is 0.226 e. The maximum absolute atomic E-state index is 12.6. The fourth-order valence-corrected chi connectivity index (χ4v) is 4.99. The lowest BCUT2D eigenvalue weighted by molar-refractivity contribution is -0.135. The van der Waals surface area contributed by atoms with Crippen LogP contribution in [0.25, 0.3) is 0 Å². The zero-order valence-corrected chi connectivity index (χ0v) is 17.9. The topological polar surface area (TPSA) is 59.9 Å². The van der Waals surface area contributed by atoms with E-state index in [2.05, 4.69) is 16.8 Å². The monoisotopic (exact) mass is 414 g/mol. The predicted molar refractivity (Wildman–Crippen MR) is 115 cm³/mol. The minimum atomic E-state index is -0.916. The van der Waals surface area contributed by atoms with Gasteiger partial charge in [-0.15, -0.1) is 11.3 Å². The van der Waals surface area contributed by atoms with E-state index in [0.29, 0.717) is 32.4 Å². The van der Waals surface area contributed by atoms with E-state index < -0.39 is 5.60 Å². The molecule has 2 saturated heterocycles. The normalized spacial score (nSPS) is 20.7. The molecule has 4 rings (SSSR count). The Kier molecular flexibility index (Phi) is 6.29. The van der Waals surface area contributed by atoms with E-state index in [1.54, 1.807) is 11.3 Å². The molecule has 0 spiro atoms. The molecular weight excluding hydrogens is 384 g/mol. The smallest absolute Gasteiger partial charge is 0.226 e. The molecule has 29 heavy (non-hydrogen) atoms. The van der Waals surface area contributed by atoms with Crippen LogP contribution >= 0.6 is 11.3 Å². The van der Waals surface area contributed by atoms with Crippen molar-refractivity contribution in [1.82, 2.24) is 19.7 Å². The number of benzene rings is 1. The number of hydrogen-bond acceptors (Lipinski definition) is 6. The number of rotatable bonds is 5. The largest absolute Gasteiger partial charge is 0.383 e. The predicted octanol–water partition coefficient (Wildman–Crippen LogP) is 1.94. The number of nitrogens with zero attached hydrogens (tertiary/aromatic N) is 4. The van der Waals surface area contributed by atoms with Crippen LogP contribution in [0.3, 0.4) is 0 Å². The van der Waals surface area contributed by atoms with Gasteiger partial charge in [-0.25, -0.2) is 4.98 Å². The van der Waals surface area contributed by atoms with Crippen LogP contribution in [0.4, 0.5) is 0 Å². The summed E-state index contributed by atoms with van der Waals surface area (Å²) in [7, 11) is 2.16. The summed E-state index contributed by atoms with van der Waals surface area (Å²) in [4.78, 5) is 24.0. The number of hydrogen-bond donors (Lipinski definition) is 1. The van der Waals surface area contributed by atoms with Gasteiger partial charge in [0.1, 0.15) is 10.6 Å². The van der Waals surface area contributed by atoms with E-state index in [-0.39, 0.29) is 5.91 Å². The van der Waals surface area contributed by atoms with Gasteiger partial charge in [0, 0.05) is 44.6 Å². The number of likely N-dealkylation sites (tertiary alicyclic amines) is 1. The number of aromatic nitrogens is 1. The van der Waals surface area contributed by atoms with Crippen molar-refractivity contribution >= 4 is 17.2 Å². The summed E-state index contributed by atoms with van der Waals surface area (Å²) in [5.41, 5.74) is 0.897. The van der Waals surface area contributed by atoms with Crippen LogP contribution in [0.1, 0.15) is 29.1 Å². The standard InChI is InChI=1S/C22H30N4O2S/c1-24-11-13-25(14-12-24)16-20-23-19(17-29-20)22(28)7-9-26(10-8-22)21(27)15-18-5-3-2-4-6-18/h2-6,17,28H,7-16H2,1H3. The summed E-state index contributed by atoms with van der Waals surface area (Å²) >= 11 is 1.64.